The zero-order chi connectivity index (χ0) is 22.3. The Morgan fingerprint density at radius 3 is 2.59 bits per heavy atom. The normalized spacial score (nSPS) is 14.4. The van der Waals surface area contributed by atoms with Gasteiger partial charge in [-0.1, -0.05) is 23.5 Å². The van der Waals surface area contributed by atoms with Crippen LogP contribution >= 0.6 is 11.3 Å². The molecule has 0 aliphatic carbocycles. The number of thiazole rings is 1. The van der Waals surface area contributed by atoms with Crippen LogP contribution in [0.5, 0.6) is 11.5 Å². The number of anilines is 1. The summed E-state index contributed by atoms with van der Waals surface area (Å²) in [4.78, 5) is 22.5. The van der Waals surface area contributed by atoms with Crippen LogP contribution in [0.15, 0.2) is 42.5 Å². The molecule has 0 bridgehead atoms. The number of carbonyl (C=O) groups excluding carboxylic acids is 1. The second-order valence-electron chi connectivity index (χ2n) is 7.40. The summed E-state index contributed by atoms with van der Waals surface area (Å²) in [5.74, 6) is 1.13. The van der Waals surface area contributed by atoms with E-state index in [9.17, 15) is 4.79 Å². The third-order valence-corrected chi connectivity index (χ3v) is 6.35. The molecule has 3 aromatic rings. The van der Waals surface area contributed by atoms with E-state index >= 15 is 0 Å². The average Bonchev–Trinajstić information content (AvgIpc) is 3.25. The molecule has 0 spiro atoms. The van der Waals surface area contributed by atoms with Crippen molar-refractivity contribution < 1.29 is 19.0 Å². The van der Waals surface area contributed by atoms with Gasteiger partial charge in [0, 0.05) is 31.7 Å². The topological polar surface area (TPSA) is 64.1 Å². The smallest absolute Gasteiger partial charge is 0.260 e. The molecule has 0 unspecified atom stereocenters. The summed E-state index contributed by atoms with van der Waals surface area (Å²) >= 11 is 1.54. The Bertz CT molecular complexity index is 1020. The van der Waals surface area contributed by atoms with Crippen LogP contribution in [-0.2, 0) is 4.74 Å². The first kappa shape index (κ1) is 22.5. The van der Waals surface area contributed by atoms with E-state index in [2.05, 4.69) is 4.90 Å². The maximum Gasteiger partial charge on any atom is 0.260 e. The number of nitrogens with zero attached hydrogens (tertiary/aromatic N) is 3. The molecule has 1 fully saturated rings. The lowest BCUT2D eigenvalue weighted by Gasteiger charge is -2.29. The van der Waals surface area contributed by atoms with E-state index in [0.29, 0.717) is 42.0 Å². The number of carbonyl (C=O) groups is 1. The van der Waals surface area contributed by atoms with Gasteiger partial charge in [0.1, 0.15) is 0 Å². The number of rotatable bonds is 9. The third-order valence-electron chi connectivity index (χ3n) is 5.29. The van der Waals surface area contributed by atoms with Gasteiger partial charge in [-0.3, -0.25) is 14.6 Å². The van der Waals surface area contributed by atoms with E-state index in [1.54, 1.807) is 23.1 Å². The monoisotopic (exact) mass is 455 g/mol. The summed E-state index contributed by atoms with van der Waals surface area (Å²) in [6.45, 7) is 9.39. The average molecular weight is 456 g/mol. The van der Waals surface area contributed by atoms with Gasteiger partial charge in [0.2, 0.25) is 0 Å². The fourth-order valence-electron chi connectivity index (χ4n) is 3.67. The summed E-state index contributed by atoms with van der Waals surface area (Å²) in [5, 5.41) is 0.705. The molecule has 1 saturated heterocycles. The van der Waals surface area contributed by atoms with Gasteiger partial charge < -0.3 is 14.2 Å². The number of amides is 1. The predicted molar refractivity (Wildman–Crippen MR) is 127 cm³/mol. The van der Waals surface area contributed by atoms with Crippen LogP contribution < -0.4 is 14.4 Å². The van der Waals surface area contributed by atoms with Crippen molar-refractivity contribution in [3.63, 3.8) is 0 Å². The van der Waals surface area contributed by atoms with Crippen molar-refractivity contribution in [2.75, 3.05) is 57.5 Å². The van der Waals surface area contributed by atoms with Crippen molar-refractivity contribution in [3.05, 3.63) is 48.0 Å². The van der Waals surface area contributed by atoms with E-state index in [1.165, 1.54) is 11.3 Å². The zero-order valence-corrected chi connectivity index (χ0v) is 19.4. The molecular formula is C24H29N3O4S. The Balaban J connectivity index is 1.63. The summed E-state index contributed by atoms with van der Waals surface area (Å²) < 4.78 is 17.9. The summed E-state index contributed by atoms with van der Waals surface area (Å²) in [7, 11) is 0. The standard InChI is InChI=1S/C24H29N3O4S/c1-3-30-20-10-9-18(17-21(20)31-4-2)23(28)27(12-11-26-13-15-29-16-14-26)24-25-19-7-5-6-8-22(19)32-24/h5-10,17H,3-4,11-16H2,1-2H3. The van der Waals surface area contributed by atoms with Gasteiger partial charge in [-0.15, -0.1) is 0 Å². The quantitative estimate of drug-likeness (QED) is 0.485. The van der Waals surface area contributed by atoms with Crippen molar-refractivity contribution in [2.45, 2.75) is 13.8 Å². The number of hydrogen-bond acceptors (Lipinski definition) is 7. The minimum absolute atomic E-state index is 0.0960. The molecule has 1 aromatic heterocycles. The van der Waals surface area contributed by atoms with Gasteiger partial charge in [-0.2, -0.15) is 0 Å². The molecule has 0 N–H and O–H groups in total. The molecule has 8 heteroatoms. The maximum absolute atomic E-state index is 13.7. The first-order valence-corrected chi connectivity index (χ1v) is 11.9. The van der Waals surface area contributed by atoms with E-state index in [4.69, 9.17) is 19.2 Å². The molecule has 0 saturated carbocycles. The predicted octanol–water partition coefficient (Wildman–Crippen LogP) is 4.07. The van der Waals surface area contributed by atoms with Gasteiger partial charge in [0.25, 0.3) is 5.91 Å². The fraction of sp³-hybridized carbons (Fsp3) is 0.417. The van der Waals surface area contributed by atoms with Crippen LogP contribution in [0.2, 0.25) is 0 Å². The largest absolute Gasteiger partial charge is 0.490 e. The Hall–Kier alpha value is -2.68. The summed E-state index contributed by atoms with van der Waals surface area (Å²) in [5.41, 5.74) is 1.46. The second kappa shape index (κ2) is 10.8. The van der Waals surface area contributed by atoms with Crippen LogP contribution in [0.4, 0.5) is 5.13 Å². The first-order valence-electron chi connectivity index (χ1n) is 11.1. The van der Waals surface area contributed by atoms with Crippen molar-refractivity contribution >= 4 is 32.6 Å². The highest BCUT2D eigenvalue weighted by Crippen LogP contribution is 2.32. The summed E-state index contributed by atoms with van der Waals surface area (Å²) in [6, 6.07) is 13.3. The van der Waals surface area contributed by atoms with Crippen LogP contribution in [0.1, 0.15) is 24.2 Å². The Morgan fingerprint density at radius 2 is 1.84 bits per heavy atom. The third kappa shape index (κ3) is 5.20. The first-order chi connectivity index (χ1) is 15.7. The SMILES string of the molecule is CCOc1ccc(C(=O)N(CCN2CCOCC2)c2nc3ccccc3s2)cc1OCC. The Labute approximate surface area is 192 Å². The fourth-order valence-corrected chi connectivity index (χ4v) is 4.66. The number of morpholine rings is 1. The molecule has 1 aliphatic rings. The molecule has 0 atom stereocenters. The number of para-hydroxylation sites is 1. The van der Waals surface area contributed by atoms with E-state index < -0.39 is 0 Å². The van der Waals surface area contributed by atoms with Gasteiger partial charge in [0.05, 0.1) is 36.6 Å². The van der Waals surface area contributed by atoms with Crippen molar-refractivity contribution in [3.8, 4) is 11.5 Å². The number of benzene rings is 2. The molecule has 170 valence electrons. The summed E-state index contributed by atoms with van der Waals surface area (Å²) in [6.07, 6.45) is 0. The van der Waals surface area contributed by atoms with Crippen molar-refractivity contribution in [2.24, 2.45) is 0 Å². The van der Waals surface area contributed by atoms with Gasteiger partial charge in [-0.05, 0) is 44.2 Å². The lowest BCUT2D eigenvalue weighted by molar-refractivity contribution is 0.0391. The van der Waals surface area contributed by atoms with E-state index in [-0.39, 0.29) is 5.91 Å². The van der Waals surface area contributed by atoms with Crippen LogP contribution in [0.25, 0.3) is 10.2 Å². The molecule has 1 amide bonds. The van der Waals surface area contributed by atoms with E-state index in [0.717, 1.165) is 43.1 Å². The highest BCUT2D eigenvalue weighted by atomic mass is 32.1. The van der Waals surface area contributed by atoms with E-state index in [1.807, 2.05) is 38.1 Å². The van der Waals surface area contributed by atoms with Crippen LogP contribution in [0.3, 0.4) is 0 Å². The number of hydrogen-bond donors (Lipinski definition) is 0. The lowest BCUT2D eigenvalue weighted by atomic mass is 10.1. The Morgan fingerprint density at radius 1 is 1.09 bits per heavy atom. The second-order valence-corrected chi connectivity index (χ2v) is 8.41. The molecular weight excluding hydrogens is 426 g/mol. The highest BCUT2D eigenvalue weighted by molar-refractivity contribution is 7.22. The van der Waals surface area contributed by atoms with Crippen molar-refractivity contribution in [1.29, 1.82) is 0 Å². The minimum Gasteiger partial charge on any atom is -0.490 e. The zero-order valence-electron chi connectivity index (χ0n) is 18.6. The highest BCUT2D eigenvalue weighted by Gasteiger charge is 2.24. The van der Waals surface area contributed by atoms with Crippen LogP contribution in [-0.4, -0.2) is 68.4 Å². The van der Waals surface area contributed by atoms with Gasteiger partial charge >= 0.3 is 0 Å². The lowest BCUT2D eigenvalue weighted by Crippen LogP contribution is -2.43. The van der Waals surface area contributed by atoms with Crippen molar-refractivity contribution in [1.82, 2.24) is 9.88 Å². The number of aromatic nitrogens is 1. The number of fused-ring (bicyclic) bond motifs is 1. The molecule has 1 aliphatic heterocycles. The molecule has 4 rings (SSSR count). The molecule has 32 heavy (non-hydrogen) atoms. The number of ether oxygens (including phenoxy) is 3. The van der Waals surface area contributed by atoms with Gasteiger partial charge in [-0.25, -0.2) is 4.98 Å². The molecule has 2 aromatic carbocycles. The van der Waals surface area contributed by atoms with Gasteiger partial charge in [0.15, 0.2) is 16.6 Å². The Kier molecular flexibility index (Phi) is 7.57. The molecule has 2 heterocycles. The molecule has 7 nitrogen and oxygen atoms in total. The minimum atomic E-state index is -0.0960. The maximum atomic E-state index is 13.7. The van der Waals surface area contributed by atoms with Crippen LogP contribution in [0, 0.1) is 0 Å². The molecule has 0 radical (unpaired) electrons.